The van der Waals surface area contributed by atoms with Crippen LogP contribution in [-0.4, -0.2) is 23.2 Å². The number of cyclic esters (lactones) is 1. The third-order valence-corrected chi connectivity index (χ3v) is 3.63. The maximum atomic E-state index is 12.0. The van der Waals surface area contributed by atoms with Crippen LogP contribution in [0.4, 0.5) is 5.69 Å². The molecule has 0 aliphatic carbocycles. The molecule has 0 spiro atoms. The number of carbonyl (C=O) groups excluding carboxylic acids is 1. The molecular weight excluding hydrogens is 274 g/mol. The highest BCUT2D eigenvalue weighted by Gasteiger charge is 2.38. The molecule has 0 amide bonds. The molecular formula is C14H13N3O4. The highest BCUT2D eigenvalue weighted by molar-refractivity contribution is 6.06. The van der Waals surface area contributed by atoms with Crippen LogP contribution in [0.25, 0.3) is 0 Å². The van der Waals surface area contributed by atoms with E-state index in [9.17, 15) is 14.9 Å². The maximum Gasteiger partial charge on any atom is 0.337 e. The fourth-order valence-electron chi connectivity index (χ4n) is 2.63. The van der Waals surface area contributed by atoms with Crippen molar-refractivity contribution < 1.29 is 14.5 Å². The van der Waals surface area contributed by atoms with Gasteiger partial charge in [0.15, 0.2) is 0 Å². The fraction of sp³-hybridized carbons (Fsp3) is 0.286. The molecule has 2 heterocycles. The lowest BCUT2D eigenvalue weighted by Crippen LogP contribution is -2.27. The molecule has 2 aliphatic rings. The number of benzene rings is 1. The molecule has 0 fully saturated rings. The number of nitrogens with one attached hydrogen (secondary N) is 1. The Balaban J connectivity index is 2.10. The molecule has 3 rings (SSSR count). The zero-order valence-corrected chi connectivity index (χ0v) is 11.3. The Kier molecular flexibility index (Phi) is 3.17. The van der Waals surface area contributed by atoms with Crippen LogP contribution in [-0.2, 0) is 9.53 Å². The standard InChI is InChI=1S/C14H13N3O4/c1-2-10-12(8-4-3-5-9(6-8)17(19)20)13-11(16-15-10)7-21-14(13)18/h3-6,12,16H,2,7H2,1H3. The van der Waals surface area contributed by atoms with Crippen LogP contribution in [0.15, 0.2) is 40.6 Å². The summed E-state index contributed by atoms with van der Waals surface area (Å²) in [6.07, 6.45) is 0.629. The first kappa shape index (κ1) is 13.3. The van der Waals surface area contributed by atoms with E-state index in [1.165, 1.54) is 12.1 Å². The molecule has 0 radical (unpaired) electrons. The lowest BCUT2D eigenvalue weighted by molar-refractivity contribution is -0.384. The van der Waals surface area contributed by atoms with Gasteiger partial charge < -0.3 is 4.74 Å². The first-order valence-corrected chi connectivity index (χ1v) is 6.58. The van der Waals surface area contributed by atoms with Crippen LogP contribution >= 0.6 is 0 Å². The Hall–Kier alpha value is -2.70. The quantitative estimate of drug-likeness (QED) is 0.520. The molecule has 7 heteroatoms. The summed E-state index contributed by atoms with van der Waals surface area (Å²) in [6, 6.07) is 6.29. The van der Waals surface area contributed by atoms with Crippen molar-refractivity contribution in [1.82, 2.24) is 5.43 Å². The number of nitro benzene ring substituents is 1. The smallest absolute Gasteiger partial charge is 0.337 e. The average Bonchev–Trinajstić information content (AvgIpc) is 2.88. The van der Waals surface area contributed by atoms with Gasteiger partial charge in [-0.15, -0.1) is 0 Å². The van der Waals surface area contributed by atoms with Crippen LogP contribution < -0.4 is 5.43 Å². The van der Waals surface area contributed by atoms with Gasteiger partial charge in [0.1, 0.15) is 6.61 Å². The molecule has 0 aromatic heterocycles. The minimum atomic E-state index is -0.449. The normalized spacial score (nSPS) is 20.5. The predicted octanol–water partition coefficient (Wildman–Crippen LogP) is 1.86. The topological polar surface area (TPSA) is 93.8 Å². The molecule has 7 nitrogen and oxygen atoms in total. The van der Waals surface area contributed by atoms with Gasteiger partial charge in [-0.25, -0.2) is 4.79 Å². The highest BCUT2D eigenvalue weighted by Crippen LogP contribution is 2.36. The summed E-state index contributed by atoms with van der Waals surface area (Å²) in [5.41, 5.74) is 5.40. The number of non-ortho nitro benzene ring substituents is 1. The second-order valence-corrected chi connectivity index (χ2v) is 4.82. The molecule has 1 aromatic carbocycles. The molecule has 0 saturated carbocycles. The van der Waals surface area contributed by atoms with Crippen molar-refractivity contribution in [1.29, 1.82) is 0 Å². The van der Waals surface area contributed by atoms with Crippen molar-refractivity contribution in [2.45, 2.75) is 19.3 Å². The van der Waals surface area contributed by atoms with Gasteiger partial charge in [0.2, 0.25) is 0 Å². The highest BCUT2D eigenvalue weighted by atomic mass is 16.6. The number of hydrogen-bond donors (Lipinski definition) is 1. The van der Waals surface area contributed by atoms with E-state index in [1.54, 1.807) is 12.1 Å². The van der Waals surface area contributed by atoms with E-state index in [2.05, 4.69) is 10.5 Å². The summed E-state index contributed by atoms with van der Waals surface area (Å²) in [7, 11) is 0. The summed E-state index contributed by atoms with van der Waals surface area (Å²) in [5.74, 6) is -0.781. The number of hydrogen-bond acceptors (Lipinski definition) is 6. The van der Waals surface area contributed by atoms with Gasteiger partial charge in [-0.3, -0.25) is 15.5 Å². The van der Waals surface area contributed by atoms with E-state index in [-0.39, 0.29) is 18.2 Å². The molecule has 108 valence electrons. The summed E-state index contributed by atoms with van der Waals surface area (Å²) in [4.78, 5) is 22.5. The Bertz CT molecular complexity index is 693. The van der Waals surface area contributed by atoms with Gasteiger partial charge in [-0.05, 0) is 12.0 Å². The maximum absolute atomic E-state index is 12.0. The minimum absolute atomic E-state index is 0.00463. The Labute approximate surface area is 120 Å². The van der Waals surface area contributed by atoms with Gasteiger partial charge in [0, 0.05) is 12.1 Å². The number of ether oxygens (including phenoxy) is 1. The summed E-state index contributed by atoms with van der Waals surface area (Å²) in [6.45, 7) is 2.09. The average molecular weight is 287 g/mol. The van der Waals surface area contributed by atoms with Crippen molar-refractivity contribution in [3.63, 3.8) is 0 Å². The zero-order chi connectivity index (χ0) is 15.0. The number of esters is 1. The summed E-state index contributed by atoms with van der Waals surface area (Å²) in [5, 5.41) is 15.2. The fourth-order valence-corrected chi connectivity index (χ4v) is 2.63. The van der Waals surface area contributed by atoms with Crippen LogP contribution in [0.2, 0.25) is 0 Å². The Morgan fingerprint density at radius 2 is 2.33 bits per heavy atom. The van der Waals surface area contributed by atoms with Crippen molar-refractivity contribution in [3.8, 4) is 0 Å². The first-order valence-electron chi connectivity index (χ1n) is 6.58. The van der Waals surface area contributed by atoms with E-state index < -0.39 is 10.9 Å². The molecule has 1 aromatic rings. The lowest BCUT2D eigenvalue weighted by atomic mass is 9.84. The van der Waals surface area contributed by atoms with Gasteiger partial charge in [0.25, 0.3) is 5.69 Å². The number of rotatable bonds is 3. The van der Waals surface area contributed by atoms with Crippen molar-refractivity contribution in [2.75, 3.05) is 6.61 Å². The second kappa shape index (κ2) is 5.01. The van der Waals surface area contributed by atoms with Gasteiger partial charge in [-0.2, -0.15) is 5.10 Å². The molecule has 1 atom stereocenters. The lowest BCUT2D eigenvalue weighted by Gasteiger charge is -2.23. The SMILES string of the molecule is CCC1=NNC2=C(C(=O)OC2)C1c1cccc([N+](=O)[O-])c1. The summed E-state index contributed by atoms with van der Waals surface area (Å²) >= 11 is 0. The summed E-state index contributed by atoms with van der Waals surface area (Å²) < 4.78 is 5.04. The second-order valence-electron chi connectivity index (χ2n) is 4.82. The third kappa shape index (κ3) is 2.16. The Morgan fingerprint density at radius 3 is 3.05 bits per heavy atom. The number of carbonyl (C=O) groups is 1. The van der Waals surface area contributed by atoms with E-state index in [4.69, 9.17) is 4.74 Å². The van der Waals surface area contributed by atoms with Gasteiger partial charge in [-0.1, -0.05) is 19.1 Å². The molecule has 1 unspecified atom stereocenters. The van der Waals surface area contributed by atoms with E-state index in [1.807, 2.05) is 6.92 Å². The molecule has 1 N–H and O–H groups in total. The number of nitrogens with zero attached hydrogens (tertiary/aromatic N) is 2. The predicted molar refractivity (Wildman–Crippen MR) is 74.7 cm³/mol. The van der Waals surface area contributed by atoms with Crippen molar-refractivity contribution >= 4 is 17.4 Å². The van der Waals surface area contributed by atoms with E-state index in [0.29, 0.717) is 23.3 Å². The number of hydrazone groups is 1. The Morgan fingerprint density at radius 1 is 1.52 bits per heavy atom. The minimum Gasteiger partial charge on any atom is -0.456 e. The van der Waals surface area contributed by atoms with Crippen molar-refractivity contribution in [3.05, 3.63) is 51.2 Å². The third-order valence-electron chi connectivity index (χ3n) is 3.63. The monoisotopic (exact) mass is 287 g/mol. The van der Waals surface area contributed by atoms with Crippen LogP contribution in [0.5, 0.6) is 0 Å². The van der Waals surface area contributed by atoms with Crippen molar-refractivity contribution in [2.24, 2.45) is 5.10 Å². The molecule has 21 heavy (non-hydrogen) atoms. The molecule has 2 aliphatic heterocycles. The van der Waals surface area contributed by atoms with E-state index >= 15 is 0 Å². The van der Waals surface area contributed by atoms with Crippen LogP contribution in [0, 0.1) is 10.1 Å². The largest absolute Gasteiger partial charge is 0.456 e. The van der Waals surface area contributed by atoms with Crippen LogP contribution in [0.1, 0.15) is 24.8 Å². The molecule has 0 saturated heterocycles. The van der Waals surface area contributed by atoms with Gasteiger partial charge >= 0.3 is 5.97 Å². The van der Waals surface area contributed by atoms with Gasteiger partial charge in [0.05, 0.1) is 27.8 Å². The first-order chi connectivity index (χ1) is 10.1. The number of nitro groups is 1. The molecule has 0 bridgehead atoms. The van der Waals surface area contributed by atoms with Crippen LogP contribution in [0.3, 0.4) is 0 Å². The van der Waals surface area contributed by atoms with E-state index in [0.717, 1.165) is 5.71 Å². The zero-order valence-electron chi connectivity index (χ0n) is 11.3.